The number of hydrogen-bond donors (Lipinski definition) is 1. The van der Waals surface area contributed by atoms with Gasteiger partial charge in [-0.25, -0.2) is 4.79 Å². The Kier molecular flexibility index (Phi) is 6.27. The molecule has 1 saturated heterocycles. The molecule has 5 nitrogen and oxygen atoms in total. The zero-order chi connectivity index (χ0) is 17.0. The molecule has 0 aromatic rings. The first kappa shape index (κ1) is 18.8. The Morgan fingerprint density at radius 1 is 1.23 bits per heavy atom. The van der Waals surface area contributed by atoms with Crippen molar-refractivity contribution in [3.8, 4) is 0 Å². The molecule has 22 heavy (non-hydrogen) atoms. The van der Waals surface area contributed by atoms with Crippen LogP contribution in [0.5, 0.6) is 0 Å². The number of nitrogens with zero attached hydrogens (tertiary/aromatic N) is 1. The van der Waals surface area contributed by atoms with Gasteiger partial charge in [-0.1, -0.05) is 6.42 Å². The van der Waals surface area contributed by atoms with Crippen molar-refractivity contribution in [1.29, 1.82) is 0 Å². The fourth-order valence-corrected chi connectivity index (χ4v) is 2.73. The Morgan fingerprint density at radius 2 is 1.86 bits per heavy atom. The maximum absolute atomic E-state index is 12.1. The number of rotatable bonds is 5. The highest BCUT2D eigenvalue weighted by Gasteiger charge is 2.29. The van der Waals surface area contributed by atoms with E-state index in [0.29, 0.717) is 12.3 Å². The van der Waals surface area contributed by atoms with Crippen LogP contribution in [0.25, 0.3) is 0 Å². The highest BCUT2D eigenvalue weighted by atomic mass is 16.6. The zero-order valence-electron chi connectivity index (χ0n) is 14.6. The highest BCUT2D eigenvalue weighted by Crippen LogP contribution is 2.28. The predicted molar refractivity (Wildman–Crippen MR) is 85.8 cm³/mol. The molecule has 1 aliphatic rings. The fraction of sp³-hybridized carbons (Fsp3) is 0.882. The van der Waals surface area contributed by atoms with E-state index in [2.05, 4.69) is 0 Å². The van der Waals surface area contributed by atoms with Crippen molar-refractivity contribution in [2.24, 2.45) is 11.3 Å². The molecule has 128 valence electrons. The molecular weight excluding hydrogens is 282 g/mol. The molecule has 0 aromatic heterocycles. The number of aliphatic carboxylic acids is 1. The Balaban J connectivity index is 2.41. The molecule has 0 radical (unpaired) electrons. The molecule has 1 atom stereocenters. The van der Waals surface area contributed by atoms with E-state index in [1.54, 1.807) is 18.7 Å². The monoisotopic (exact) mass is 313 g/mol. The first-order valence-electron chi connectivity index (χ1n) is 8.22. The Morgan fingerprint density at radius 3 is 2.41 bits per heavy atom. The van der Waals surface area contributed by atoms with E-state index in [-0.39, 0.29) is 6.09 Å². The van der Waals surface area contributed by atoms with Crippen LogP contribution in [0.15, 0.2) is 0 Å². The molecule has 1 heterocycles. The van der Waals surface area contributed by atoms with Crippen LogP contribution in [0.4, 0.5) is 4.79 Å². The van der Waals surface area contributed by atoms with Crippen LogP contribution >= 0.6 is 0 Å². The van der Waals surface area contributed by atoms with Gasteiger partial charge in [0.1, 0.15) is 5.60 Å². The second kappa shape index (κ2) is 7.34. The molecule has 1 N–H and O–H groups in total. The lowest BCUT2D eigenvalue weighted by atomic mass is 9.84. The second-order valence-corrected chi connectivity index (χ2v) is 8.02. The molecule has 0 bridgehead atoms. The Bertz CT molecular complexity index is 398. The summed E-state index contributed by atoms with van der Waals surface area (Å²) < 4.78 is 5.42. The van der Waals surface area contributed by atoms with E-state index >= 15 is 0 Å². The lowest BCUT2D eigenvalue weighted by molar-refractivity contribution is -0.147. The lowest BCUT2D eigenvalue weighted by Gasteiger charge is -2.34. The van der Waals surface area contributed by atoms with Crippen molar-refractivity contribution in [1.82, 2.24) is 4.90 Å². The quantitative estimate of drug-likeness (QED) is 0.835. The van der Waals surface area contributed by atoms with Gasteiger partial charge < -0.3 is 14.7 Å². The number of carbonyl (C=O) groups excluding carboxylic acids is 1. The lowest BCUT2D eigenvalue weighted by Crippen LogP contribution is -2.42. The van der Waals surface area contributed by atoms with Gasteiger partial charge in [0.25, 0.3) is 0 Å². The van der Waals surface area contributed by atoms with Gasteiger partial charge in [-0.05, 0) is 66.2 Å². The van der Waals surface area contributed by atoms with Crippen LogP contribution in [0.1, 0.15) is 66.7 Å². The number of amides is 1. The minimum absolute atomic E-state index is 0.233. The van der Waals surface area contributed by atoms with Gasteiger partial charge in [0.15, 0.2) is 0 Å². The molecular formula is C17H31NO4. The van der Waals surface area contributed by atoms with Gasteiger partial charge in [-0.2, -0.15) is 0 Å². The number of piperidine rings is 1. The third kappa shape index (κ3) is 6.24. The van der Waals surface area contributed by atoms with E-state index in [4.69, 9.17) is 9.84 Å². The summed E-state index contributed by atoms with van der Waals surface area (Å²) in [5.74, 6) is -0.294. The van der Waals surface area contributed by atoms with Crippen molar-refractivity contribution in [3.05, 3.63) is 0 Å². The van der Waals surface area contributed by atoms with Crippen LogP contribution in [0.3, 0.4) is 0 Å². The van der Waals surface area contributed by atoms with Crippen LogP contribution in [-0.2, 0) is 9.53 Å². The molecule has 1 rings (SSSR count). The number of hydrogen-bond acceptors (Lipinski definition) is 3. The van der Waals surface area contributed by atoms with Crippen molar-refractivity contribution >= 4 is 12.1 Å². The molecule has 0 spiro atoms. The van der Waals surface area contributed by atoms with E-state index in [1.165, 1.54) is 0 Å². The predicted octanol–water partition coefficient (Wildman–Crippen LogP) is 3.91. The SMILES string of the molecule is CC(C)(C)OC(=O)N1CCCC(CCCC(C)(C)C(=O)O)C1. The maximum Gasteiger partial charge on any atom is 0.410 e. The summed E-state index contributed by atoms with van der Waals surface area (Å²) in [4.78, 5) is 25.0. The van der Waals surface area contributed by atoms with Crippen molar-refractivity contribution in [2.45, 2.75) is 72.3 Å². The minimum Gasteiger partial charge on any atom is -0.481 e. The molecule has 0 saturated carbocycles. The van der Waals surface area contributed by atoms with E-state index in [1.807, 2.05) is 20.8 Å². The fourth-order valence-electron chi connectivity index (χ4n) is 2.73. The summed E-state index contributed by atoms with van der Waals surface area (Å²) in [7, 11) is 0. The largest absolute Gasteiger partial charge is 0.481 e. The number of carbonyl (C=O) groups is 2. The van der Waals surface area contributed by atoms with Gasteiger partial charge >= 0.3 is 12.1 Å². The zero-order valence-corrected chi connectivity index (χ0v) is 14.6. The summed E-state index contributed by atoms with van der Waals surface area (Å²) in [6.45, 7) is 10.6. The molecule has 1 amide bonds. The molecule has 0 aromatic carbocycles. The van der Waals surface area contributed by atoms with Gasteiger partial charge in [0, 0.05) is 13.1 Å². The number of likely N-dealkylation sites (tertiary alicyclic amines) is 1. The van der Waals surface area contributed by atoms with Gasteiger partial charge in [-0.3, -0.25) is 4.79 Å². The van der Waals surface area contributed by atoms with Gasteiger partial charge in [-0.15, -0.1) is 0 Å². The molecule has 1 unspecified atom stereocenters. The van der Waals surface area contributed by atoms with Crippen molar-refractivity contribution < 1.29 is 19.4 Å². The summed E-state index contributed by atoms with van der Waals surface area (Å²) in [6.07, 6.45) is 4.38. The van der Waals surface area contributed by atoms with Crippen LogP contribution in [0.2, 0.25) is 0 Å². The van der Waals surface area contributed by atoms with Crippen molar-refractivity contribution in [2.75, 3.05) is 13.1 Å². The standard InChI is InChI=1S/C17H31NO4/c1-16(2,3)22-15(21)18-11-7-9-13(12-18)8-6-10-17(4,5)14(19)20/h13H,6-12H2,1-5H3,(H,19,20). The van der Waals surface area contributed by atoms with E-state index in [9.17, 15) is 9.59 Å². The minimum atomic E-state index is -0.744. The number of ether oxygens (including phenoxy) is 1. The highest BCUT2D eigenvalue weighted by molar-refractivity contribution is 5.73. The first-order valence-corrected chi connectivity index (χ1v) is 8.22. The average Bonchev–Trinajstić information content (AvgIpc) is 2.36. The Labute approximate surface area is 134 Å². The van der Waals surface area contributed by atoms with Gasteiger partial charge in [0.2, 0.25) is 0 Å². The Hall–Kier alpha value is -1.26. The summed E-state index contributed by atoms with van der Waals surface area (Å²) >= 11 is 0. The van der Waals surface area contributed by atoms with Crippen LogP contribution in [-0.4, -0.2) is 40.8 Å². The molecule has 0 aliphatic carbocycles. The second-order valence-electron chi connectivity index (χ2n) is 8.02. The topological polar surface area (TPSA) is 66.8 Å². The smallest absolute Gasteiger partial charge is 0.410 e. The number of carboxylic acids is 1. The summed E-state index contributed by atoms with van der Waals surface area (Å²) in [6, 6.07) is 0. The molecule has 5 heteroatoms. The summed E-state index contributed by atoms with van der Waals surface area (Å²) in [5, 5.41) is 9.13. The first-order chi connectivity index (χ1) is 10.0. The molecule has 1 fully saturated rings. The maximum atomic E-state index is 12.1. The van der Waals surface area contributed by atoms with E-state index in [0.717, 1.165) is 38.8 Å². The van der Waals surface area contributed by atoms with Gasteiger partial charge in [0.05, 0.1) is 5.41 Å². The normalized spacial score (nSPS) is 19.9. The van der Waals surface area contributed by atoms with E-state index < -0.39 is 17.0 Å². The molecule has 1 aliphatic heterocycles. The number of carboxylic acid groups (broad SMARTS) is 1. The van der Waals surface area contributed by atoms with Crippen molar-refractivity contribution in [3.63, 3.8) is 0 Å². The average molecular weight is 313 g/mol. The van der Waals surface area contributed by atoms with Crippen LogP contribution in [0, 0.1) is 11.3 Å². The third-order valence-corrected chi connectivity index (χ3v) is 4.16. The third-order valence-electron chi connectivity index (χ3n) is 4.16. The van der Waals surface area contributed by atoms with Crippen LogP contribution < -0.4 is 0 Å². The summed E-state index contributed by atoms with van der Waals surface area (Å²) in [5.41, 5.74) is -1.13.